The molecule has 0 aromatic heterocycles. The molecule has 8 aliphatic rings. The van der Waals surface area contributed by atoms with Gasteiger partial charge in [0.1, 0.15) is 0 Å². The summed E-state index contributed by atoms with van der Waals surface area (Å²) < 4.78 is 22.5. The number of nitrogens with zero attached hydrogens (tertiary/aromatic N) is 2. The molecule has 4 heterocycles. The van der Waals surface area contributed by atoms with Gasteiger partial charge in [0.15, 0.2) is 0 Å². The van der Waals surface area contributed by atoms with Gasteiger partial charge in [-0.2, -0.15) is 0 Å². The fraction of sp³-hybridized carbons (Fsp3) is 0.769. The van der Waals surface area contributed by atoms with Gasteiger partial charge < -0.3 is 23.9 Å². The lowest BCUT2D eigenvalue weighted by atomic mass is 9.30. The van der Waals surface area contributed by atoms with Crippen LogP contribution in [-0.4, -0.2) is 66.4 Å². The Labute approximate surface area is 353 Å². The molecule has 14 unspecified atom stereocenters. The Morgan fingerprint density at radius 3 is 1.86 bits per heavy atom. The van der Waals surface area contributed by atoms with E-state index >= 15 is 0 Å². The Kier molecular flexibility index (Phi) is 9.59. The van der Waals surface area contributed by atoms with Crippen LogP contribution in [0, 0.1) is 34.5 Å². The third-order valence-electron chi connectivity index (χ3n) is 17.6. The van der Waals surface area contributed by atoms with Crippen LogP contribution in [-0.2, 0) is 25.0 Å². The Morgan fingerprint density at radius 2 is 1.21 bits per heavy atom. The Morgan fingerprint density at radius 1 is 0.569 bits per heavy atom. The molecule has 58 heavy (non-hydrogen) atoms. The quantitative estimate of drug-likeness (QED) is 0.269. The minimum absolute atomic E-state index is 0.0581. The van der Waals surface area contributed by atoms with E-state index in [4.69, 9.17) is 14.2 Å². The summed E-state index contributed by atoms with van der Waals surface area (Å²) in [5, 5.41) is 0. The van der Waals surface area contributed by atoms with Crippen molar-refractivity contribution < 1.29 is 14.2 Å². The lowest BCUT2D eigenvalue weighted by molar-refractivity contribution is -0.300. The van der Waals surface area contributed by atoms with Gasteiger partial charge in [-0.15, -0.1) is 0 Å². The lowest BCUT2D eigenvalue weighted by Gasteiger charge is -2.71. The Hall–Kier alpha value is -1.86. The number of anilines is 2. The van der Waals surface area contributed by atoms with Crippen molar-refractivity contribution in [1.82, 2.24) is 4.81 Å². The molecule has 0 N–H and O–H groups in total. The summed E-state index contributed by atoms with van der Waals surface area (Å²) in [4.78, 5) is 6.08. The number of hydrogen-bond acceptors (Lipinski definition) is 5. The van der Waals surface area contributed by atoms with E-state index in [0.29, 0.717) is 54.5 Å². The van der Waals surface area contributed by atoms with Gasteiger partial charge in [0.25, 0.3) is 6.85 Å². The van der Waals surface area contributed by atoms with Gasteiger partial charge in [-0.3, -0.25) is 0 Å². The van der Waals surface area contributed by atoms with E-state index < -0.39 is 0 Å². The average Bonchev–Trinajstić information content (AvgIpc) is 3.15. The van der Waals surface area contributed by atoms with Gasteiger partial charge in [0.05, 0.1) is 36.6 Å². The fourth-order valence-electron chi connectivity index (χ4n) is 14.4. The van der Waals surface area contributed by atoms with Gasteiger partial charge >= 0.3 is 0 Å². The largest absolute Gasteiger partial charge is 0.372 e. The summed E-state index contributed by atoms with van der Waals surface area (Å²) in [6.07, 6.45) is 13.2. The zero-order valence-corrected chi connectivity index (χ0v) is 38.4. The molecule has 0 radical (unpaired) electrons. The van der Waals surface area contributed by atoms with E-state index in [-0.39, 0.29) is 58.3 Å². The first-order valence-corrected chi connectivity index (χ1v) is 24.1. The molecule has 0 spiro atoms. The monoisotopic (exact) mass is 789 g/mol. The van der Waals surface area contributed by atoms with Crippen LogP contribution in [0.1, 0.15) is 158 Å². The fourth-order valence-corrected chi connectivity index (χ4v) is 14.4. The van der Waals surface area contributed by atoms with Crippen molar-refractivity contribution >= 4 is 23.7 Å². The second-order valence-corrected chi connectivity index (χ2v) is 25.0. The molecular weight excluding hydrogens is 711 g/mol. The van der Waals surface area contributed by atoms with E-state index in [0.717, 1.165) is 19.3 Å². The van der Waals surface area contributed by atoms with Crippen molar-refractivity contribution in [2.24, 2.45) is 34.5 Å². The molecule has 4 aliphatic heterocycles. The first kappa shape index (κ1) is 40.2. The molecule has 0 bridgehead atoms. The molecule has 7 fully saturated rings. The molecule has 2 aromatic rings. The maximum Gasteiger partial charge on any atom is 0.266 e. The number of fused-ring (bicyclic) bond motifs is 9. The predicted molar refractivity (Wildman–Crippen MR) is 240 cm³/mol. The smallest absolute Gasteiger partial charge is 0.266 e. The Bertz CT molecular complexity index is 1850. The summed E-state index contributed by atoms with van der Waals surface area (Å²) in [5.41, 5.74) is 7.91. The number of hydrogen-bond donors (Lipinski definition) is 0. The zero-order valence-electron chi connectivity index (χ0n) is 38.4. The van der Waals surface area contributed by atoms with E-state index in [1.807, 2.05) is 0 Å². The summed E-state index contributed by atoms with van der Waals surface area (Å²) >= 11 is 0. The minimum Gasteiger partial charge on any atom is -0.372 e. The number of ether oxygens (including phenoxy) is 3. The second-order valence-electron chi connectivity index (χ2n) is 25.0. The highest BCUT2D eigenvalue weighted by Gasteiger charge is 2.69. The highest BCUT2D eigenvalue weighted by Crippen LogP contribution is 2.63. The van der Waals surface area contributed by atoms with Crippen LogP contribution >= 0.6 is 0 Å². The molecule has 4 saturated carbocycles. The van der Waals surface area contributed by atoms with Crippen LogP contribution in [0.15, 0.2) is 42.5 Å². The van der Waals surface area contributed by atoms with Crippen LogP contribution in [0.25, 0.3) is 0 Å². The van der Waals surface area contributed by atoms with Crippen LogP contribution in [0.5, 0.6) is 0 Å². The molecule has 3 saturated heterocycles. The third-order valence-corrected chi connectivity index (χ3v) is 17.6. The van der Waals surface area contributed by atoms with E-state index in [1.54, 1.807) is 5.46 Å². The molecule has 5 nitrogen and oxygen atoms in total. The van der Waals surface area contributed by atoms with Gasteiger partial charge in [-0.25, -0.2) is 0 Å². The number of rotatable bonds is 1. The van der Waals surface area contributed by atoms with Crippen molar-refractivity contribution in [3.63, 3.8) is 0 Å². The van der Waals surface area contributed by atoms with E-state index in [2.05, 4.69) is 135 Å². The summed E-state index contributed by atoms with van der Waals surface area (Å²) in [6, 6.07) is 18.7. The standard InChI is InChI=1S/C52H77BN2O3/c1-49(2,3)30-17-21-34(22-18-30)54-38-26-31(50(4,5)6)19-23-36(38)53-46-35(25-33(27-39(46)54)52(10,11)12)45-47-43(29-44-48(45)58-41-16-14-13-15-40(41)56-44)57-42-28-32(51(7,8)9)20-24-37(42)55(47)53/h17-19,21-23,26,32-33,35,37,39-48H,13-16,20,24-25,27-29H2,1-12H3. The van der Waals surface area contributed by atoms with Crippen molar-refractivity contribution in [3.05, 3.63) is 53.6 Å². The molecule has 0 amide bonds. The molecular formula is C52H77BN2O3. The number of benzene rings is 2. The summed E-state index contributed by atoms with van der Waals surface area (Å²) in [5.74, 6) is 2.73. The second kappa shape index (κ2) is 13.8. The highest BCUT2D eigenvalue weighted by atomic mass is 16.6. The van der Waals surface area contributed by atoms with Gasteiger partial charge in [0, 0.05) is 41.8 Å². The van der Waals surface area contributed by atoms with Crippen molar-refractivity contribution in [2.75, 3.05) is 4.90 Å². The van der Waals surface area contributed by atoms with E-state index in [9.17, 15) is 0 Å². The maximum atomic E-state index is 7.65. The first-order chi connectivity index (χ1) is 27.3. The molecule has 6 heteroatoms. The van der Waals surface area contributed by atoms with Crippen molar-refractivity contribution in [3.8, 4) is 0 Å². The van der Waals surface area contributed by atoms with Gasteiger partial charge in [0.2, 0.25) is 0 Å². The van der Waals surface area contributed by atoms with Crippen LogP contribution in [0.4, 0.5) is 11.4 Å². The molecule has 14 atom stereocenters. The predicted octanol–water partition coefficient (Wildman–Crippen LogP) is 11.2. The van der Waals surface area contributed by atoms with Gasteiger partial charge in [-0.05, 0) is 125 Å². The van der Waals surface area contributed by atoms with Crippen LogP contribution < -0.4 is 10.4 Å². The van der Waals surface area contributed by atoms with Crippen LogP contribution in [0.2, 0.25) is 5.82 Å². The maximum absolute atomic E-state index is 7.65. The minimum atomic E-state index is 0.0581. The molecule has 4 aliphatic carbocycles. The summed E-state index contributed by atoms with van der Waals surface area (Å²) in [7, 11) is 0. The van der Waals surface area contributed by atoms with Crippen molar-refractivity contribution in [2.45, 2.75) is 219 Å². The average molecular weight is 789 g/mol. The normalized spacial score (nSPS) is 40.1. The lowest BCUT2D eigenvalue weighted by Crippen LogP contribution is -2.82. The molecule has 10 rings (SSSR count). The number of morpholine rings is 1. The van der Waals surface area contributed by atoms with Crippen LogP contribution in [0.3, 0.4) is 0 Å². The first-order valence-electron chi connectivity index (χ1n) is 24.1. The summed E-state index contributed by atoms with van der Waals surface area (Å²) in [6.45, 7) is 29.6. The SMILES string of the molecule is CC(C)(C)c1ccc(N2c3cc(C(C)(C)C)ccc3B3C4C(CC(C(C)(C)C)CC42)C2C4OC5CCCCC5OC4CC4OC5CC(C(C)(C)C)CCC5N3C42)cc1. The van der Waals surface area contributed by atoms with Crippen molar-refractivity contribution in [1.29, 1.82) is 0 Å². The van der Waals surface area contributed by atoms with E-state index in [1.165, 1.54) is 67.4 Å². The zero-order chi connectivity index (χ0) is 40.8. The molecule has 316 valence electrons. The third kappa shape index (κ3) is 6.52. The highest BCUT2D eigenvalue weighted by molar-refractivity contribution is 6.75. The van der Waals surface area contributed by atoms with Gasteiger partial charge in [-0.1, -0.05) is 120 Å². The Balaban J connectivity index is 1.18. The molecule has 2 aromatic carbocycles. The topological polar surface area (TPSA) is 34.2 Å².